The monoisotopic (exact) mass is 1460 g/mol. The van der Waals surface area contributed by atoms with Crippen LogP contribution in [0.5, 0.6) is 0 Å². The molecule has 2 aliphatic rings. The van der Waals surface area contributed by atoms with E-state index < -0.39 is 131 Å². The number of aliphatic carboxylic acids is 1. The fraction of sp³-hybridized carbons (Fsp3) is 0.725. The summed E-state index contributed by atoms with van der Waals surface area (Å²) in [5.74, 6) is -8.73. The third-order valence-corrected chi connectivity index (χ3v) is 19.2. The van der Waals surface area contributed by atoms with Crippen molar-refractivity contribution >= 4 is 88.6 Å². The number of primary amides is 1. The maximum Gasteiger partial charge on any atom is 0.326 e. The second kappa shape index (κ2) is 47.8. The number of ether oxygens (including phenoxy) is 6. The molecule has 2 saturated heterocycles. The average Bonchev–Trinajstić information content (AvgIpc) is 1.40. The number of imide groups is 1. The van der Waals surface area contributed by atoms with Crippen LogP contribution >= 0.6 is 11.8 Å². The summed E-state index contributed by atoms with van der Waals surface area (Å²) in [6.07, 6.45) is 1.24. The van der Waals surface area contributed by atoms with Crippen LogP contribution in [0, 0.1) is 23.7 Å². The molecule has 12 amide bonds. The maximum atomic E-state index is 14.8. The molecule has 2 heterocycles. The molecule has 0 radical (unpaired) electrons. The summed E-state index contributed by atoms with van der Waals surface area (Å²) in [7, 11) is 6.10. The molecular formula is C69H114N12O20S. The fourth-order valence-electron chi connectivity index (χ4n) is 12.0. The summed E-state index contributed by atoms with van der Waals surface area (Å²) >= 11 is 1.04. The Morgan fingerprint density at radius 3 is 1.87 bits per heavy atom. The number of amides is 12. The number of hydrogen-bond donors (Lipinski definition) is 9. The first-order chi connectivity index (χ1) is 48.5. The summed E-state index contributed by atoms with van der Waals surface area (Å²) < 4.78 is 33.7. The van der Waals surface area contributed by atoms with Gasteiger partial charge in [0, 0.05) is 79.4 Å². The number of likely N-dealkylation sites (N-methyl/N-ethyl adjacent to an activating group) is 2. The topological polar surface area (TPSA) is 435 Å². The van der Waals surface area contributed by atoms with Gasteiger partial charge in [-0.2, -0.15) is 0 Å². The van der Waals surface area contributed by atoms with Gasteiger partial charge in [0.05, 0.1) is 114 Å². The van der Waals surface area contributed by atoms with Gasteiger partial charge in [-0.05, 0) is 49.0 Å². The first-order valence-electron chi connectivity index (χ1n) is 35.1. The molecule has 0 spiro atoms. The first kappa shape index (κ1) is 88.8. The fourth-order valence-corrected chi connectivity index (χ4v) is 13.2. The predicted octanol–water partition coefficient (Wildman–Crippen LogP) is -0.502. The molecule has 3 rings (SSSR count). The lowest BCUT2D eigenvalue weighted by Crippen LogP contribution is -2.60. The van der Waals surface area contributed by atoms with E-state index in [9.17, 15) is 67.4 Å². The highest BCUT2D eigenvalue weighted by Crippen LogP contribution is 2.31. The second-order valence-corrected chi connectivity index (χ2v) is 27.4. The number of nitrogens with two attached hydrogens (primary N) is 2. The molecule has 11 atom stereocenters. The lowest BCUT2D eigenvalue weighted by atomic mass is 9.89. The highest BCUT2D eigenvalue weighted by molar-refractivity contribution is 8.00. The van der Waals surface area contributed by atoms with E-state index in [1.54, 1.807) is 75.7 Å². The van der Waals surface area contributed by atoms with Crippen LogP contribution in [-0.4, -0.2) is 281 Å². The van der Waals surface area contributed by atoms with Crippen molar-refractivity contribution in [1.82, 2.24) is 51.5 Å². The molecule has 32 nitrogen and oxygen atoms in total. The zero-order valence-electron chi connectivity index (χ0n) is 61.3. The zero-order chi connectivity index (χ0) is 76.0. The molecule has 2 aliphatic heterocycles. The number of unbranched alkanes of at least 4 members (excludes halogenated alkanes) is 2. The van der Waals surface area contributed by atoms with Crippen LogP contribution < -0.4 is 43.4 Å². The molecular weight excluding hydrogens is 1350 g/mol. The molecule has 0 saturated carbocycles. The van der Waals surface area contributed by atoms with Gasteiger partial charge in [-0.15, -0.1) is 11.8 Å². The molecule has 2 unspecified atom stereocenters. The van der Waals surface area contributed by atoms with Crippen LogP contribution in [-0.2, 0) is 97.2 Å². The number of thioether (sulfide) groups is 1. The number of nitrogens with one attached hydrogen (secondary N) is 6. The Hall–Kier alpha value is -7.40. The summed E-state index contributed by atoms with van der Waals surface area (Å²) in [5.41, 5.74) is 11.5. The van der Waals surface area contributed by atoms with E-state index in [2.05, 4.69) is 31.9 Å². The van der Waals surface area contributed by atoms with E-state index in [0.717, 1.165) is 22.2 Å². The number of rotatable bonds is 52. The Balaban J connectivity index is 1.42. The van der Waals surface area contributed by atoms with E-state index in [1.807, 2.05) is 19.9 Å². The van der Waals surface area contributed by atoms with E-state index >= 15 is 0 Å². The second-order valence-electron chi connectivity index (χ2n) is 26.2. The van der Waals surface area contributed by atoms with Crippen molar-refractivity contribution < 1.29 is 95.9 Å². The SMILES string of the molecule is CC[C@H](C)[C@@H]([C@@H](CC(=O)N1CCC[C@H]1[C@H](OC)[C@@H](C)C(=O)N[C@@H](Cc1ccccc1)C(=O)O)OC)N(C)C(=O)[C@H](NC(=O)[C@H](C(C)C)N(C)C(=O)CCCCCN1C(=O)CC(SCC(NC(=O)CCOCCOCCOCCOCCNC(=O)CNC(=O)CNC(=O)CN)C(N)=O)C1=O)C(C)C. The van der Waals surface area contributed by atoms with Gasteiger partial charge in [0.25, 0.3) is 0 Å². The average molecular weight is 1460 g/mol. The molecule has 1 aromatic rings. The van der Waals surface area contributed by atoms with Crippen molar-refractivity contribution in [3.05, 3.63) is 35.9 Å². The maximum absolute atomic E-state index is 14.8. The number of methoxy groups -OCH3 is 2. The normalized spacial score (nSPS) is 17.2. The molecule has 1 aromatic carbocycles. The zero-order valence-corrected chi connectivity index (χ0v) is 62.1. The summed E-state index contributed by atoms with van der Waals surface area (Å²) in [6, 6.07) is 3.49. The van der Waals surface area contributed by atoms with Gasteiger partial charge < -0.3 is 91.6 Å². The Bertz CT molecular complexity index is 2860. The number of likely N-dealkylation sites (tertiary alicyclic amines) is 2. The molecule has 2 fully saturated rings. The van der Waals surface area contributed by atoms with E-state index in [4.69, 9.17) is 39.9 Å². The molecule has 102 heavy (non-hydrogen) atoms. The van der Waals surface area contributed by atoms with Crippen LogP contribution in [0.3, 0.4) is 0 Å². The number of carboxylic acid groups (broad SMARTS) is 1. The number of carbonyl (C=O) groups excluding carboxylic acids is 12. The Morgan fingerprint density at radius 1 is 0.696 bits per heavy atom. The van der Waals surface area contributed by atoms with Crippen molar-refractivity contribution in [2.45, 2.75) is 173 Å². The minimum absolute atomic E-state index is 0.0221. The van der Waals surface area contributed by atoms with E-state index in [1.165, 1.54) is 26.2 Å². The standard InChI is InChI=1S/C69H114N12O20S/c1-12-45(6)62(51(96-10)37-58(87)80-27-19-22-50(80)63(97-11)46(7)65(90)76-48(69(94)95)36-47-20-15-13-16-21-47)79(9)68(93)60(43(2)3)77-66(91)61(44(4)5)78(8)57(86)23-17-14-18-26-81-59(88)38-52(67(81)92)102-42-49(64(71)89)75-53(82)24-28-98-30-32-100-34-35-101-33-31-99-29-25-72-55(84)40-74-56(85)41-73-54(83)39-70/h13,15-16,20-21,43-46,48-52,60-63H,12,14,17-19,22-42,70H2,1-11H3,(H2,71,89)(H,72,84)(H,73,83)(H,74,85)(H,75,82)(H,76,90)(H,77,91)(H,94,95)/t45-,46+,48-,49?,50-,51+,52?,60+,61-,62-,63+/m0/s1. The quantitative estimate of drug-likeness (QED) is 0.0293. The lowest BCUT2D eigenvalue weighted by molar-refractivity contribution is -0.149. The van der Waals surface area contributed by atoms with Gasteiger partial charge in [0.2, 0.25) is 70.9 Å². The van der Waals surface area contributed by atoms with Gasteiger partial charge in [0.15, 0.2) is 0 Å². The van der Waals surface area contributed by atoms with Crippen LogP contribution in [0.2, 0.25) is 0 Å². The van der Waals surface area contributed by atoms with Gasteiger partial charge in [-0.25, -0.2) is 4.79 Å². The molecule has 33 heteroatoms. The van der Waals surface area contributed by atoms with Crippen molar-refractivity contribution in [3.63, 3.8) is 0 Å². The van der Waals surface area contributed by atoms with E-state index in [-0.39, 0.29) is 147 Å². The minimum atomic E-state index is -1.19. The number of carbonyl (C=O) groups is 13. The highest BCUT2D eigenvalue weighted by atomic mass is 32.2. The van der Waals surface area contributed by atoms with Crippen LogP contribution in [0.25, 0.3) is 0 Å². The molecule has 576 valence electrons. The largest absolute Gasteiger partial charge is 0.480 e. The summed E-state index contributed by atoms with van der Waals surface area (Å²) in [6.45, 7) is 14.4. The number of benzene rings is 1. The first-order valence-corrected chi connectivity index (χ1v) is 36.2. The Morgan fingerprint density at radius 2 is 1.30 bits per heavy atom. The van der Waals surface area contributed by atoms with E-state index in [0.29, 0.717) is 45.1 Å². The summed E-state index contributed by atoms with van der Waals surface area (Å²) in [4.78, 5) is 175. The van der Waals surface area contributed by atoms with Crippen LogP contribution in [0.15, 0.2) is 30.3 Å². The smallest absolute Gasteiger partial charge is 0.326 e. The predicted molar refractivity (Wildman–Crippen MR) is 377 cm³/mol. The molecule has 0 aliphatic carbocycles. The van der Waals surface area contributed by atoms with Crippen molar-refractivity contribution in [2.75, 3.05) is 126 Å². The van der Waals surface area contributed by atoms with Crippen LogP contribution in [0.1, 0.15) is 118 Å². The third kappa shape index (κ3) is 30.5. The highest BCUT2D eigenvalue weighted by Gasteiger charge is 2.45. The third-order valence-electron chi connectivity index (χ3n) is 18.0. The number of hydrogen-bond acceptors (Lipinski definition) is 21. The van der Waals surface area contributed by atoms with Gasteiger partial charge in [-0.1, -0.05) is 91.6 Å². The van der Waals surface area contributed by atoms with Crippen molar-refractivity contribution in [1.29, 1.82) is 0 Å². The van der Waals surface area contributed by atoms with Gasteiger partial charge in [0.1, 0.15) is 24.2 Å². The Labute approximate surface area is 603 Å². The van der Waals surface area contributed by atoms with Crippen LogP contribution in [0.4, 0.5) is 0 Å². The van der Waals surface area contributed by atoms with Crippen molar-refractivity contribution in [3.8, 4) is 0 Å². The minimum Gasteiger partial charge on any atom is -0.480 e. The number of carboxylic acids is 1. The lowest BCUT2D eigenvalue weighted by Gasteiger charge is -2.41. The molecule has 0 aromatic heterocycles. The molecule has 11 N–H and O–H groups in total. The molecule has 0 bridgehead atoms. The Kier molecular flexibility index (Phi) is 41.6. The van der Waals surface area contributed by atoms with Crippen molar-refractivity contribution in [2.24, 2.45) is 35.1 Å². The van der Waals surface area contributed by atoms with Gasteiger partial charge >= 0.3 is 5.97 Å². The number of nitrogens with zero attached hydrogens (tertiary/aromatic N) is 4. The van der Waals surface area contributed by atoms with Gasteiger partial charge in [-0.3, -0.25) is 62.4 Å². The summed E-state index contributed by atoms with van der Waals surface area (Å²) in [5, 5.41) is 24.6.